The Labute approximate surface area is 96.2 Å². The third-order valence-electron chi connectivity index (χ3n) is 2.23. The highest BCUT2D eigenvalue weighted by Gasteiger charge is 2.18. The van der Waals surface area contributed by atoms with Crippen LogP contribution in [0.25, 0.3) is 0 Å². The number of hydrogen-bond donors (Lipinski definition) is 2. The predicted molar refractivity (Wildman–Crippen MR) is 61.5 cm³/mol. The fraction of sp³-hybridized carbons (Fsp3) is 0.800. The number of carboxylic acid groups (broad SMARTS) is 1. The number of likely N-dealkylation sites (N-methyl/N-ethyl adjacent to an activating group) is 1. The van der Waals surface area contributed by atoms with Crippen LogP contribution >= 0.6 is 0 Å². The van der Waals surface area contributed by atoms with Gasteiger partial charge in [-0.2, -0.15) is 0 Å². The summed E-state index contributed by atoms with van der Waals surface area (Å²) in [6.45, 7) is 3.38. The van der Waals surface area contributed by atoms with Crippen molar-refractivity contribution in [2.75, 3.05) is 40.3 Å². The van der Waals surface area contributed by atoms with Gasteiger partial charge in [-0.1, -0.05) is 0 Å². The van der Waals surface area contributed by atoms with Crippen molar-refractivity contribution in [3.63, 3.8) is 0 Å². The molecule has 6 nitrogen and oxygen atoms in total. The molecule has 0 radical (unpaired) electrons. The molecule has 0 rings (SSSR count). The quantitative estimate of drug-likeness (QED) is 0.607. The number of carbonyl (C=O) groups excluding carboxylic acids is 1. The molecule has 94 valence electrons. The van der Waals surface area contributed by atoms with Gasteiger partial charge in [0.1, 0.15) is 6.54 Å². The smallest absolute Gasteiger partial charge is 0.323 e. The lowest BCUT2D eigenvalue weighted by Crippen LogP contribution is -2.44. The molecule has 16 heavy (non-hydrogen) atoms. The summed E-state index contributed by atoms with van der Waals surface area (Å²) in [5.74, 6) is -0.987. The van der Waals surface area contributed by atoms with Gasteiger partial charge in [-0.3, -0.25) is 4.79 Å². The molecule has 0 aliphatic carbocycles. The first-order valence-corrected chi connectivity index (χ1v) is 5.39. The molecule has 0 aromatic carbocycles. The highest BCUT2D eigenvalue weighted by Crippen LogP contribution is 1.97. The van der Waals surface area contributed by atoms with Crippen molar-refractivity contribution in [1.82, 2.24) is 15.1 Å². The fourth-order valence-corrected chi connectivity index (χ4v) is 1.31. The van der Waals surface area contributed by atoms with Crippen LogP contribution in [0.4, 0.5) is 4.79 Å². The van der Waals surface area contributed by atoms with Gasteiger partial charge in [-0.25, -0.2) is 4.79 Å². The number of nitrogens with zero attached hydrogens (tertiary/aromatic N) is 2. The molecule has 0 atom stereocenters. The van der Waals surface area contributed by atoms with E-state index in [0.29, 0.717) is 13.1 Å². The topological polar surface area (TPSA) is 72.9 Å². The Hall–Kier alpha value is -1.30. The van der Waals surface area contributed by atoms with E-state index in [2.05, 4.69) is 5.32 Å². The first-order chi connectivity index (χ1) is 7.52. The van der Waals surface area contributed by atoms with Crippen LogP contribution < -0.4 is 5.32 Å². The Balaban J connectivity index is 4.11. The number of carboxylic acids is 1. The monoisotopic (exact) mass is 231 g/mol. The first kappa shape index (κ1) is 14.7. The van der Waals surface area contributed by atoms with Gasteiger partial charge in [-0.15, -0.1) is 0 Å². The second-order valence-electron chi connectivity index (χ2n) is 3.57. The standard InChI is InChI=1S/C10H21N3O3/c1-4-13(8-9(14)15)10(16)12(3)7-5-6-11-2/h11H,4-8H2,1-3H3,(H,14,15). The highest BCUT2D eigenvalue weighted by atomic mass is 16.4. The van der Waals surface area contributed by atoms with Crippen LogP contribution in [0.5, 0.6) is 0 Å². The van der Waals surface area contributed by atoms with E-state index in [1.165, 1.54) is 4.90 Å². The lowest BCUT2D eigenvalue weighted by molar-refractivity contribution is -0.137. The van der Waals surface area contributed by atoms with Gasteiger partial charge in [-0.05, 0) is 26.9 Å². The van der Waals surface area contributed by atoms with Gasteiger partial charge in [0.2, 0.25) is 0 Å². The van der Waals surface area contributed by atoms with E-state index in [4.69, 9.17) is 5.11 Å². The number of amides is 2. The van der Waals surface area contributed by atoms with Crippen molar-refractivity contribution in [1.29, 1.82) is 0 Å². The summed E-state index contributed by atoms with van der Waals surface area (Å²) in [5.41, 5.74) is 0. The summed E-state index contributed by atoms with van der Waals surface area (Å²) >= 11 is 0. The minimum Gasteiger partial charge on any atom is -0.480 e. The van der Waals surface area contributed by atoms with E-state index < -0.39 is 5.97 Å². The third kappa shape index (κ3) is 5.55. The maximum absolute atomic E-state index is 11.8. The number of carbonyl (C=O) groups is 2. The molecule has 0 saturated carbocycles. The molecule has 0 saturated heterocycles. The molecule has 0 bridgehead atoms. The molecule has 0 aliphatic rings. The van der Waals surface area contributed by atoms with Crippen molar-refractivity contribution in [3.8, 4) is 0 Å². The molecule has 0 aliphatic heterocycles. The summed E-state index contributed by atoms with van der Waals surface area (Å²) in [7, 11) is 3.53. The first-order valence-electron chi connectivity index (χ1n) is 5.39. The van der Waals surface area contributed by atoms with Crippen molar-refractivity contribution in [2.24, 2.45) is 0 Å². The molecular formula is C10H21N3O3. The summed E-state index contributed by atoms with van der Waals surface area (Å²) in [6, 6.07) is -0.235. The van der Waals surface area contributed by atoms with Crippen molar-refractivity contribution < 1.29 is 14.7 Å². The highest BCUT2D eigenvalue weighted by molar-refractivity contribution is 5.79. The van der Waals surface area contributed by atoms with E-state index in [1.54, 1.807) is 18.9 Å². The van der Waals surface area contributed by atoms with E-state index in [0.717, 1.165) is 13.0 Å². The average molecular weight is 231 g/mol. The Morgan fingerprint density at radius 3 is 2.44 bits per heavy atom. The second-order valence-corrected chi connectivity index (χ2v) is 3.57. The van der Waals surface area contributed by atoms with Crippen LogP contribution in [-0.4, -0.2) is 67.2 Å². The molecule has 2 amide bonds. The average Bonchev–Trinajstić information content (AvgIpc) is 2.24. The zero-order valence-corrected chi connectivity index (χ0v) is 10.2. The summed E-state index contributed by atoms with van der Waals surface area (Å²) in [5, 5.41) is 11.6. The maximum Gasteiger partial charge on any atom is 0.323 e. The van der Waals surface area contributed by atoms with E-state index in [9.17, 15) is 9.59 Å². The van der Waals surface area contributed by atoms with Crippen LogP contribution in [0.15, 0.2) is 0 Å². The third-order valence-corrected chi connectivity index (χ3v) is 2.23. The molecule has 6 heteroatoms. The Bertz CT molecular complexity index is 233. The lowest BCUT2D eigenvalue weighted by Gasteiger charge is -2.25. The lowest BCUT2D eigenvalue weighted by atomic mass is 10.4. The minimum absolute atomic E-state index is 0.235. The van der Waals surface area contributed by atoms with Gasteiger partial charge in [0.25, 0.3) is 0 Å². The van der Waals surface area contributed by atoms with Gasteiger partial charge < -0.3 is 20.2 Å². The molecule has 0 fully saturated rings. The predicted octanol–water partition coefficient (Wildman–Crippen LogP) is 0.0542. The van der Waals surface area contributed by atoms with Gasteiger partial charge in [0, 0.05) is 20.1 Å². The molecule has 0 heterocycles. The van der Waals surface area contributed by atoms with E-state index in [-0.39, 0.29) is 12.6 Å². The molecule has 0 unspecified atom stereocenters. The fourth-order valence-electron chi connectivity index (χ4n) is 1.31. The van der Waals surface area contributed by atoms with Crippen LogP contribution in [0, 0.1) is 0 Å². The van der Waals surface area contributed by atoms with Crippen LogP contribution in [0.1, 0.15) is 13.3 Å². The van der Waals surface area contributed by atoms with Crippen LogP contribution in [0.2, 0.25) is 0 Å². The normalized spacial score (nSPS) is 9.94. The summed E-state index contributed by atoms with van der Waals surface area (Å²) in [6.07, 6.45) is 0.851. The number of nitrogens with one attached hydrogen (secondary N) is 1. The number of aliphatic carboxylic acids is 1. The zero-order chi connectivity index (χ0) is 12.6. The largest absolute Gasteiger partial charge is 0.480 e. The minimum atomic E-state index is -0.987. The molecule has 0 aromatic rings. The van der Waals surface area contributed by atoms with Crippen molar-refractivity contribution >= 4 is 12.0 Å². The number of rotatable bonds is 7. The molecule has 2 N–H and O–H groups in total. The Morgan fingerprint density at radius 2 is 2.00 bits per heavy atom. The van der Waals surface area contributed by atoms with Crippen LogP contribution in [0.3, 0.4) is 0 Å². The number of urea groups is 1. The maximum atomic E-state index is 11.8. The number of hydrogen-bond acceptors (Lipinski definition) is 3. The Morgan fingerprint density at radius 1 is 1.38 bits per heavy atom. The van der Waals surface area contributed by atoms with Crippen molar-refractivity contribution in [2.45, 2.75) is 13.3 Å². The van der Waals surface area contributed by atoms with E-state index >= 15 is 0 Å². The molecule has 0 aromatic heterocycles. The summed E-state index contributed by atoms with van der Waals surface area (Å²) < 4.78 is 0. The SMILES string of the molecule is CCN(CC(=O)O)C(=O)N(C)CCCNC. The van der Waals surface area contributed by atoms with Crippen molar-refractivity contribution in [3.05, 3.63) is 0 Å². The zero-order valence-electron chi connectivity index (χ0n) is 10.2. The summed E-state index contributed by atoms with van der Waals surface area (Å²) in [4.78, 5) is 25.2. The van der Waals surface area contributed by atoms with E-state index in [1.807, 2.05) is 7.05 Å². The van der Waals surface area contributed by atoms with Crippen LogP contribution in [-0.2, 0) is 4.79 Å². The van der Waals surface area contributed by atoms with Gasteiger partial charge in [0.05, 0.1) is 0 Å². The molecule has 0 spiro atoms. The second kappa shape index (κ2) is 7.92. The van der Waals surface area contributed by atoms with Gasteiger partial charge in [0.15, 0.2) is 0 Å². The Kier molecular flexibility index (Phi) is 7.28. The van der Waals surface area contributed by atoms with Gasteiger partial charge >= 0.3 is 12.0 Å². The molecular weight excluding hydrogens is 210 g/mol.